The number of carbonyl (C=O) groups is 2. The average molecular weight is 500 g/mol. The van der Waals surface area contributed by atoms with E-state index >= 15 is 0 Å². The molecule has 0 aromatic heterocycles. The molecule has 1 saturated heterocycles. The molecule has 1 aliphatic heterocycles. The van der Waals surface area contributed by atoms with Gasteiger partial charge in [0.25, 0.3) is 0 Å². The number of amides is 1. The number of hydrogen-bond donors (Lipinski definition) is 2. The molecule has 1 unspecified atom stereocenters. The summed E-state index contributed by atoms with van der Waals surface area (Å²) in [6.07, 6.45) is 5.78. The zero-order chi connectivity index (χ0) is 26.4. The number of nitrogens with zero attached hydrogens (tertiary/aromatic N) is 1. The second kappa shape index (κ2) is 11.9. The number of methoxy groups -OCH3 is 1. The summed E-state index contributed by atoms with van der Waals surface area (Å²) in [6.45, 7) is 2.58. The van der Waals surface area contributed by atoms with E-state index in [1.165, 1.54) is 7.11 Å². The molecule has 37 heavy (non-hydrogen) atoms. The molecule has 6 heteroatoms. The molecule has 2 atom stereocenters. The summed E-state index contributed by atoms with van der Waals surface area (Å²) in [5.74, 6) is 0.00992. The SMILES string of the molecule is COC(=O)c1ccc(CCCN2C(=O)CC[C@@H]2/C=C/C(O)c2cccc(-c3ccc(O)cc3C)c2)cc1. The fraction of sp³-hybridized carbons (Fsp3) is 0.290. The highest BCUT2D eigenvalue weighted by atomic mass is 16.5. The van der Waals surface area contributed by atoms with Crippen molar-refractivity contribution in [2.45, 2.75) is 44.8 Å². The normalized spacial score (nSPS) is 16.4. The zero-order valence-corrected chi connectivity index (χ0v) is 21.3. The Hall–Kier alpha value is -3.90. The molecule has 6 nitrogen and oxygen atoms in total. The van der Waals surface area contributed by atoms with Gasteiger partial charge >= 0.3 is 5.97 Å². The van der Waals surface area contributed by atoms with Crippen LogP contribution in [0, 0.1) is 6.92 Å². The highest BCUT2D eigenvalue weighted by Crippen LogP contribution is 2.29. The van der Waals surface area contributed by atoms with Crippen LogP contribution in [0.25, 0.3) is 11.1 Å². The molecule has 1 aliphatic rings. The number of phenolic OH excluding ortho intramolecular Hbond substituents is 1. The minimum atomic E-state index is -0.789. The number of aliphatic hydroxyl groups is 1. The molecule has 1 heterocycles. The third-order valence-electron chi connectivity index (χ3n) is 6.88. The van der Waals surface area contributed by atoms with Gasteiger partial charge in [-0.1, -0.05) is 48.6 Å². The van der Waals surface area contributed by atoms with Crippen molar-refractivity contribution in [3.05, 3.63) is 101 Å². The van der Waals surface area contributed by atoms with Crippen LogP contribution in [0.3, 0.4) is 0 Å². The Balaban J connectivity index is 1.36. The Morgan fingerprint density at radius 1 is 1.14 bits per heavy atom. The summed E-state index contributed by atoms with van der Waals surface area (Å²) in [4.78, 5) is 26.0. The number of aromatic hydroxyl groups is 1. The highest BCUT2D eigenvalue weighted by molar-refractivity contribution is 5.89. The number of phenols is 1. The van der Waals surface area contributed by atoms with Crippen molar-refractivity contribution in [3.63, 3.8) is 0 Å². The standard InChI is InChI=1S/C31H33NO5/c1-21-19-27(33)14-15-28(21)24-6-3-7-25(20-24)29(34)16-12-26-13-17-30(35)32(26)18-4-5-22-8-10-23(11-9-22)31(36)37-2/h3,6-12,14-16,19-20,26,29,33-34H,4-5,13,17-18H2,1-2H3/b16-12+/t26-,29?/m0/s1. The van der Waals surface area contributed by atoms with Gasteiger partial charge in [0, 0.05) is 13.0 Å². The largest absolute Gasteiger partial charge is 0.508 e. The van der Waals surface area contributed by atoms with E-state index in [1.54, 1.807) is 30.3 Å². The molecule has 4 rings (SSSR count). The minimum Gasteiger partial charge on any atom is -0.508 e. The maximum absolute atomic E-state index is 12.5. The van der Waals surface area contributed by atoms with Crippen molar-refractivity contribution in [3.8, 4) is 16.9 Å². The quantitative estimate of drug-likeness (QED) is 0.305. The lowest BCUT2D eigenvalue weighted by Crippen LogP contribution is -2.33. The summed E-state index contributed by atoms with van der Waals surface area (Å²) in [6, 6.07) is 20.3. The van der Waals surface area contributed by atoms with E-state index in [9.17, 15) is 19.8 Å². The second-order valence-electron chi connectivity index (χ2n) is 9.44. The van der Waals surface area contributed by atoms with Crippen LogP contribution >= 0.6 is 0 Å². The van der Waals surface area contributed by atoms with E-state index in [4.69, 9.17) is 4.74 Å². The van der Waals surface area contributed by atoms with Crippen LogP contribution in [0.1, 0.15) is 52.4 Å². The maximum atomic E-state index is 12.5. The number of rotatable bonds is 9. The maximum Gasteiger partial charge on any atom is 0.337 e. The van der Waals surface area contributed by atoms with Gasteiger partial charge in [0.2, 0.25) is 5.91 Å². The van der Waals surface area contributed by atoms with E-state index in [1.807, 2.05) is 60.4 Å². The molecule has 3 aromatic carbocycles. The zero-order valence-electron chi connectivity index (χ0n) is 21.3. The molecule has 1 amide bonds. The number of ether oxygens (including phenoxy) is 1. The van der Waals surface area contributed by atoms with Gasteiger partial charge < -0.3 is 19.8 Å². The van der Waals surface area contributed by atoms with Gasteiger partial charge in [-0.25, -0.2) is 4.79 Å². The third kappa shape index (κ3) is 6.46. The Morgan fingerprint density at radius 3 is 2.65 bits per heavy atom. The topological polar surface area (TPSA) is 87.1 Å². The Bertz CT molecular complexity index is 1280. The van der Waals surface area contributed by atoms with Crippen molar-refractivity contribution in [2.75, 3.05) is 13.7 Å². The van der Waals surface area contributed by atoms with Crippen LogP contribution in [-0.2, 0) is 16.0 Å². The molecule has 0 saturated carbocycles. The summed E-state index contributed by atoms with van der Waals surface area (Å²) >= 11 is 0. The highest BCUT2D eigenvalue weighted by Gasteiger charge is 2.28. The predicted molar refractivity (Wildman–Crippen MR) is 143 cm³/mol. The second-order valence-corrected chi connectivity index (χ2v) is 9.44. The first kappa shape index (κ1) is 26.2. The van der Waals surface area contributed by atoms with Gasteiger partial charge in [0.05, 0.1) is 24.8 Å². The van der Waals surface area contributed by atoms with E-state index in [2.05, 4.69) is 0 Å². The first-order valence-corrected chi connectivity index (χ1v) is 12.6. The van der Waals surface area contributed by atoms with Crippen LogP contribution in [0.4, 0.5) is 0 Å². The molecule has 0 radical (unpaired) electrons. The molecule has 192 valence electrons. The van der Waals surface area contributed by atoms with Crippen LogP contribution in [-0.4, -0.2) is 46.7 Å². The van der Waals surface area contributed by atoms with Crippen molar-refractivity contribution < 1.29 is 24.5 Å². The van der Waals surface area contributed by atoms with Crippen molar-refractivity contribution in [2.24, 2.45) is 0 Å². The number of aliphatic hydroxyl groups excluding tert-OH is 1. The molecule has 0 spiro atoms. The molecule has 0 aliphatic carbocycles. The first-order chi connectivity index (χ1) is 17.9. The van der Waals surface area contributed by atoms with Crippen LogP contribution in [0.5, 0.6) is 5.75 Å². The lowest BCUT2D eigenvalue weighted by molar-refractivity contribution is -0.128. The van der Waals surface area contributed by atoms with E-state index < -0.39 is 6.10 Å². The minimum absolute atomic E-state index is 0.0358. The van der Waals surface area contributed by atoms with Crippen LogP contribution in [0.15, 0.2) is 78.9 Å². The number of carbonyl (C=O) groups excluding carboxylic acids is 2. The van der Waals surface area contributed by atoms with Crippen molar-refractivity contribution in [1.29, 1.82) is 0 Å². The third-order valence-corrected chi connectivity index (χ3v) is 6.88. The lowest BCUT2D eigenvalue weighted by Gasteiger charge is -2.23. The monoisotopic (exact) mass is 499 g/mol. The van der Waals surface area contributed by atoms with Gasteiger partial charge in [-0.3, -0.25) is 4.79 Å². The van der Waals surface area contributed by atoms with Crippen molar-refractivity contribution >= 4 is 11.9 Å². The Labute approximate surface area is 217 Å². The Kier molecular flexibility index (Phi) is 8.41. The molecule has 3 aromatic rings. The summed E-state index contributed by atoms with van der Waals surface area (Å²) in [7, 11) is 1.36. The average Bonchev–Trinajstić information content (AvgIpc) is 3.26. The molecular weight excluding hydrogens is 466 g/mol. The molecular formula is C31H33NO5. The first-order valence-electron chi connectivity index (χ1n) is 12.6. The number of esters is 1. The van der Waals surface area contributed by atoms with Gasteiger partial charge in [0.15, 0.2) is 0 Å². The van der Waals surface area contributed by atoms with Gasteiger partial charge in [0.1, 0.15) is 5.75 Å². The summed E-state index contributed by atoms with van der Waals surface area (Å²) in [5.41, 5.74) is 5.33. The van der Waals surface area contributed by atoms with Crippen LogP contribution < -0.4 is 0 Å². The van der Waals surface area contributed by atoms with Gasteiger partial charge in [-0.05, 0) is 84.3 Å². The van der Waals surface area contributed by atoms with Gasteiger partial charge in [-0.15, -0.1) is 0 Å². The number of benzene rings is 3. The van der Waals surface area contributed by atoms with Gasteiger partial charge in [-0.2, -0.15) is 0 Å². The molecule has 0 bridgehead atoms. The summed E-state index contributed by atoms with van der Waals surface area (Å²) in [5, 5.41) is 20.6. The number of likely N-dealkylation sites (tertiary alicyclic amines) is 1. The number of hydrogen-bond acceptors (Lipinski definition) is 5. The Morgan fingerprint density at radius 2 is 1.92 bits per heavy atom. The van der Waals surface area contributed by atoms with E-state index in [0.29, 0.717) is 18.5 Å². The number of aryl methyl sites for hydroxylation is 2. The molecule has 1 fully saturated rings. The van der Waals surface area contributed by atoms with E-state index in [0.717, 1.165) is 47.1 Å². The van der Waals surface area contributed by atoms with Crippen molar-refractivity contribution in [1.82, 2.24) is 4.90 Å². The predicted octanol–water partition coefficient (Wildman–Crippen LogP) is 5.37. The fourth-order valence-corrected chi connectivity index (χ4v) is 4.83. The van der Waals surface area contributed by atoms with Crippen LogP contribution in [0.2, 0.25) is 0 Å². The molecule has 2 N–H and O–H groups in total. The lowest BCUT2D eigenvalue weighted by atomic mass is 9.97. The van der Waals surface area contributed by atoms with E-state index in [-0.39, 0.29) is 23.7 Å². The fourth-order valence-electron chi connectivity index (χ4n) is 4.83. The smallest absolute Gasteiger partial charge is 0.337 e. The summed E-state index contributed by atoms with van der Waals surface area (Å²) < 4.78 is 4.74.